The molecule has 0 aromatic heterocycles. The minimum atomic E-state index is -1.07. The highest BCUT2D eigenvalue weighted by Crippen LogP contribution is 2.47. The Morgan fingerprint density at radius 2 is 1.76 bits per heavy atom. The number of hydrogen-bond donors (Lipinski definition) is 2. The van der Waals surface area contributed by atoms with Crippen LogP contribution in [0.1, 0.15) is 90.9 Å². The predicted octanol–water partition coefficient (Wildman–Crippen LogP) is 5.05. The lowest BCUT2D eigenvalue weighted by molar-refractivity contribution is -0.147. The SMILES string of the molecule is CC1C2CC(C(=O)NCC3CCCC(C4CC4)C3)CCC2N(CC2CCC(F)C(OCC(=O)O)C2)C1C. The molecule has 10 unspecified atom stereocenters. The van der Waals surface area contributed by atoms with Gasteiger partial charge >= 0.3 is 5.97 Å². The number of nitrogens with zero attached hydrogens (tertiary/aromatic N) is 1. The normalized spacial score (nSPS) is 42.8. The molecule has 0 spiro atoms. The fourth-order valence-electron chi connectivity index (χ4n) is 8.56. The Labute approximate surface area is 222 Å². The van der Waals surface area contributed by atoms with E-state index in [2.05, 4.69) is 24.1 Å². The number of carboxylic acid groups (broad SMARTS) is 1. The van der Waals surface area contributed by atoms with E-state index in [4.69, 9.17) is 9.84 Å². The highest BCUT2D eigenvalue weighted by atomic mass is 19.1. The van der Waals surface area contributed by atoms with Crippen molar-refractivity contribution >= 4 is 11.9 Å². The van der Waals surface area contributed by atoms with Crippen LogP contribution >= 0.6 is 0 Å². The standard InChI is InChI=1S/C30H49FN2O4/c1-18-19(2)33(16-21-6-10-26(31)28(13-21)37-17-29(34)35)27-11-9-24(14-25(18)27)30(36)32-15-20-4-3-5-23(12-20)22-7-8-22/h18-28H,3-17H2,1-2H3,(H,32,36)(H,34,35). The Morgan fingerprint density at radius 1 is 0.946 bits per heavy atom. The molecule has 1 heterocycles. The zero-order chi connectivity index (χ0) is 26.1. The van der Waals surface area contributed by atoms with Gasteiger partial charge in [0.25, 0.3) is 0 Å². The van der Waals surface area contributed by atoms with E-state index in [-0.39, 0.29) is 11.8 Å². The van der Waals surface area contributed by atoms with Gasteiger partial charge in [0.05, 0.1) is 6.10 Å². The first kappa shape index (κ1) is 27.4. The Kier molecular flexibility index (Phi) is 8.80. The Morgan fingerprint density at radius 3 is 2.51 bits per heavy atom. The number of rotatable bonds is 9. The van der Waals surface area contributed by atoms with Crippen LogP contribution in [0.25, 0.3) is 0 Å². The lowest BCUT2D eigenvalue weighted by atomic mass is 9.73. The number of hydrogen-bond acceptors (Lipinski definition) is 4. The second kappa shape index (κ2) is 11.9. The van der Waals surface area contributed by atoms with Crippen molar-refractivity contribution in [2.75, 3.05) is 19.7 Å². The van der Waals surface area contributed by atoms with E-state index in [0.29, 0.717) is 48.6 Å². The molecule has 5 aliphatic rings. The molecule has 2 N–H and O–H groups in total. The molecule has 210 valence electrons. The topological polar surface area (TPSA) is 78.9 Å². The molecule has 1 amide bonds. The molecule has 10 atom stereocenters. The van der Waals surface area contributed by atoms with E-state index < -0.39 is 24.9 Å². The zero-order valence-corrected chi connectivity index (χ0v) is 23.0. The van der Waals surface area contributed by atoms with Crippen LogP contribution in [0.3, 0.4) is 0 Å². The van der Waals surface area contributed by atoms with Crippen molar-refractivity contribution in [3.63, 3.8) is 0 Å². The van der Waals surface area contributed by atoms with Crippen molar-refractivity contribution in [2.24, 2.45) is 41.4 Å². The summed E-state index contributed by atoms with van der Waals surface area (Å²) in [6, 6.07) is 0.938. The van der Waals surface area contributed by atoms with Crippen LogP contribution in [0.2, 0.25) is 0 Å². The van der Waals surface area contributed by atoms with E-state index in [1.807, 2.05) is 0 Å². The maximum Gasteiger partial charge on any atom is 0.329 e. The van der Waals surface area contributed by atoms with E-state index in [0.717, 1.165) is 50.6 Å². The number of fused-ring (bicyclic) bond motifs is 1. The molecule has 1 aliphatic heterocycles. The number of likely N-dealkylation sites (tertiary alicyclic amines) is 1. The number of amides is 1. The molecule has 0 radical (unpaired) electrons. The number of nitrogens with one attached hydrogen (secondary N) is 1. The van der Waals surface area contributed by atoms with Gasteiger partial charge < -0.3 is 15.2 Å². The van der Waals surface area contributed by atoms with E-state index in [9.17, 15) is 14.0 Å². The number of halogens is 1. The van der Waals surface area contributed by atoms with Gasteiger partial charge in [0.2, 0.25) is 5.91 Å². The summed E-state index contributed by atoms with van der Waals surface area (Å²) >= 11 is 0. The number of ether oxygens (including phenoxy) is 1. The first-order valence-corrected chi connectivity index (χ1v) is 15.3. The van der Waals surface area contributed by atoms with Gasteiger partial charge in [-0.15, -0.1) is 0 Å². The molecule has 5 fully saturated rings. The molecule has 1 saturated heterocycles. The number of aliphatic carboxylic acids is 1. The van der Waals surface area contributed by atoms with E-state index >= 15 is 0 Å². The summed E-state index contributed by atoms with van der Waals surface area (Å²) in [5.41, 5.74) is 0. The van der Waals surface area contributed by atoms with Crippen molar-refractivity contribution < 1.29 is 23.8 Å². The largest absolute Gasteiger partial charge is 0.480 e. The molecule has 4 saturated carbocycles. The van der Waals surface area contributed by atoms with Crippen molar-refractivity contribution in [1.29, 1.82) is 0 Å². The van der Waals surface area contributed by atoms with Gasteiger partial charge in [-0.25, -0.2) is 9.18 Å². The average molecular weight is 521 g/mol. The molecule has 0 aromatic carbocycles. The highest BCUT2D eigenvalue weighted by Gasteiger charge is 2.49. The molecular formula is C30H49FN2O4. The Balaban J connectivity index is 1.11. The monoisotopic (exact) mass is 520 g/mol. The predicted molar refractivity (Wildman–Crippen MR) is 141 cm³/mol. The number of carbonyl (C=O) groups is 2. The molecule has 4 aliphatic carbocycles. The number of alkyl halides is 1. The fourth-order valence-corrected chi connectivity index (χ4v) is 8.56. The number of carboxylic acids is 1. The van der Waals surface area contributed by atoms with Crippen LogP contribution in [0, 0.1) is 41.4 Å². The van der Waals surface area contributed by atoms with Crippen LogP contribution in [0.4, 0.5) is 4.39 Å². The summed E-state index contributed by atoms with van der Waals surface area (Å²) in [4.78, 5) is 26.7. The second-order valence-corrected chi connectivity index (χ2v) is 13.4. The van der Waals surface area contributed by atoms with Crippen molar-refractivity contribution in [2.45, 2.75) is 115 Å². The van der Waals surface area contributed by atoms with Gasteiger partial charge in [-0.1, -0.05) is 19.8 Å². The number of carbonyl (C=O) groups excluding carboxylic acids is 1. The molecule has 37 heavy (non-hydrogen) atoms. The lowest BCUT2D eigenvalue weighted by Crippen LogP contribution is -2.46. The van der Waals surface area contributed by atoms with Gasteiger partial charge in [-0.05, 0) is 107 Å². The van der Waals surface area contributed by atoms with Crippen LogP contribution in [0.15, 0.2) is 0 Å². The van der Waals surface area contributed by atoms with Gasteiger partial charge in [-0.3, -0.25) is 9.69 Å². The molecular weight excluding hydrogens is 471 g/mol. The van der Waals surface area contributed by atoms with E-state index in [1.54, 1.807) is 0 Å². The maximum absolute atomic E-state index is 14.4. The van der Waals surface area contributed by atoms with Gasteiger partial charge in [0.1, 0.15) is 12.8 Å². The summed E-state index contributed by atoms with van der Waals surface area (Å²) < 4.78 is 19.8. The third-order valence-electron chi connectivity index (χ3n) is 11.0. The first-order valence-electron chi connectivity index (χ1n) is 15.3. The van der Waals surface area contributed by atoms with Crippen LogP contribution in [-0.4, -0.2) is 65.9 Å². The Hall–Kier alpha value is -1.21. The minimum Gasteiger partial charge on any atom is -0.480 e. The quantitative estimate of drug-likeness (QED) is 0.445. The van der Waals surface area contributed by atoms with Crippen molar-refractivity contribution in [3.8, 4) is 0 Å². The molecule has 0 bridgehead atoms. The van der Waals surface area contributed by atoms with Gasteiger partial charge in [0, 0.05) is 31.1 Å². The van der Waals surface area contributed by atoms with Gasteiger partial charge in [-0.2, -0.15) is 0 Å². The Bertz CT molecular complexity index is 806. The highest BCUT2D eigenvalue weighted by molar-refractivity contribution is 5.78. The van der Waals surface area contributed by atoms with Crippen LogP contribution in [-0.2, 0) is 14.3 Å². The van der Waals surface area contributed by atoms with Crippen molar-refractivity contribution in [1.82, 2.24) is 10.2 Å². The summed E-state index contributed by atoms with van der Waals surface area (Å²) in [5.74, 6) is 3.34. The molecule has 7 heteroatoms. The summed E-state index contributed by atoms with van der Waals surface area (Å²) in [6.45, 7) is 6.03. The fraction of sp³-hybridized carbons (Fsp3) is 0.933. The molecule has 5 rings (SSSR count). The minimum absolute atomic E-state index is 0.134. The zero-order valence-electron chi connectivity index (χ0n) is 23.0. The maximum atomic E-state index is 14.4. The second-order valence-electron chi connectivity index (χ2n) is 13.4. The smallest absolute Gasteiger partial charge is 0.329 e. The van der Waals surface area contributed by atoms with Crippen LogP contribution < -0.4 is 5.32 Å². The third-order valence-corrected chi connectivity index (χ3v) is 11.0. The van der Waals surface area contributed by atoms with Crippen molar-refractivity contribution in [3.05, 3.63) is 0 Å². The van der Waals surface area contributed by atoms with Gasteiger partial charge in [0.15, 0.2) is 0 Å². The third kappa shape index (κ3) is 6.51. The first-order chi connectivity index (χ1) is 17.8. The lowest BCUT2D eigenvalue weighted by Gasteiger charge is -2.40. The van der Waals surface area contributed by atoms with Crippen LogP contribution in [0.5, 0.6) is 0 Å². The summed E-state index contributed by atoms with van der Waals surface area (Å²) in [5, 5.41) is 12.3. The molecule has 0 aromatic rings. The summed E-state index contributed by atoms with van der Waals surface area (Å²) in [6.07, 6.45) is 11.4. The van der Waals surface area contributed by atoms with E-state index in [1.165, 1.54) is 38.5 Å². The summed E-state index contributed by atoms with van der Waals surface area (Å²) in [7, 11) is 0. The molecule has 6 nitrogen and oxygen atoms in total. The average Bonchev–Trinajstić information content (AvgIpc) is 3.72.